The molecular weight excluding hydrogens is 232 g/mol. The molecule has 1 amide bonds. The molecule has 6 heteroatoms. The van der Waals surface area contributed by atoms with Crippen molar-refractivity contribution in [3.8, 4) is 0 Å². The minimum atomic E-state index is -0.679. The number of carbonyl (C=O) groups excluding carboxylic acids is 1. The highest BCUT2D eigenvalue weighted by Crippen LogP contribution is 2.24. The molecule has 18 heavy (non-hydrogen) atoms. The maximum Gasteiger partial charge on any atom is 0.290 e. The van der Waals surface area contributed by atoms with Crippen LogP contribution in [-0.4, -0.2) is 16.0 Å². The van der Waals surface area contributed by atoms with E-state index in [9.17, 15) is 4.79 Å². The number of hydrogen-bond donors (Lipinski definition) is 2. The third-order valence-electron chi connectivity index (χ3n) is 3.04. The Balaban J connectivity index is 1.85. The van der Waals surface area contributed by atoms with Gasteiger partial charge < -0.3 is 15.6 Å². The first-order valence-electron chi connectivity index (χ1n) is 5.67. The molecule has 92 valence electrons. The Hall–Kier alpha value is -2.21. The average molecular weight is 244 g/mol. The van der Waals surface area contributed by atoms with Gasteiger partial charge in [0.15, 0.2) is 0 Å². The first-order valence-corrected chi connectivity index (χ1v) is 5.67. The van der Waals surface area contributed by atoms with Crippen LogP contribution in [0.2, 0.25) is 0 Å². The molecule has 3 rings (SSSR count). The summed E-state index contributed by atoms with van der Waals surface area (Å²) in [5.74, 6) is -0.356. The molecule has 2 aromatic rings. The zero-order valence-corrected chi connectivity index (χ0v) is 9.59. The van der Waals surface area contributed by atoms with Crippen molar-refractivity contribution in [1.82, 2.24) is 15.5 Å². The van der Waals surface area contributed by atoms with Crippen LogP contribution in [0.25, 0.3) is 0 Å². The lowest BCUT2D eigenvalue weighted by atomic mass is 9.96. The molecule has 0 saturated heterocycles. The molecule has 0 saturated carbocycles. The fourth-order valence-electron chi connectivity index (χ4n) is 2.11. The standard InChI is InChI=1S/C12H12N4O2/c13-10(17)11-15-12(18-16-11)9-5-7-3-1-2-4-8(7)6-14-9/h1-4,9,14H,5-6H2,(H2,13,17). The lowest BCUT2D eigenvalue weighted by molar-refractivity contribution is 0.0987. The van der Waals surface area contributed by atoms with E-state index < -0.39 is 5.91 Å². The van der Waals surface area contributed by atoms with E-state index in [2.05, 4.69) is 27.6 Å². The van der Waals surface area contributed by atoms with Crippen LogP contribution in [0.3, 0.4) is 0 Å². The Kier molecular flexibility index (Phi) is 2.56. The molecule has 1 aromatic heterocycles. The third-order valence-corrected chi connectivity index (χ3v) is 3.04. The van der Waals surface area contributed by atoms with Crippen LogP contribution in [0.15, 0.2) is 28.8 Å². The molecule has 1 aliphatic heterocycles. The highest BCUT2D eigenvalue weighted by molar-refractivity contribution is 5.88. The van der Waals surface area contributed by atoms with Crippen LogP contribution < -0.4 is 11.1 Å². The summed E-state index contributed by atoms with van der Waals surface area (Å²) in [4.78, 5) is 14.9. The van der Waals surface area contributed by atoms with Gasteiger partial charge in [0.1, 0.15) is 0 Å². The van der Waals surface area contributed by atoms with E-state index in [1.165, 1.54) is 11.1 Å². The Labute approximate surface area is 103 Å². The lowest BCUT2D eigenvalue weighted by Crippen LogP contribution is -2.28. The fourth-order valence-corrected chi connectivity index (χ4v) is 2.11. The summed E-state index contributed by atoms with van der Waals surface area (Å²) in [7, 11) is 0. The van der Waals surface area contributed by atoms with Crippen LogP contribution in [0.1, 0.15) is 33.7 Å². The number of amides is 1. The smallest absolute Gasteiger partial charge is 0.290 e. The molecule has 0 spiro atoms. The summed E-state index contributed by atoms with van der Waals surface area (Å²) in [5, 5.41) is 6.84. The molecule has 0 fully saturated rings. The van der Waals surface area contributed by atoms with Crippen molar-refractivity contribution in [2.45, 2.75) is 19.0 Å². The van der Waals surface area contributed by atoms with Crippen molar-refractivity contribution in [3.05, 3.63) is 47.1 Å². The normalized spacial score (nSPS) is 18.3. The predicted molar refractivity (Wildman–Crippen MR) is 62.5 cm³/mol. The Morgan fingerprint density at radius 2 is 2.17 bits per heavy atom. The first-order chi connectivity index (χ1) is 8.74. The molecule has 0 radical (unpaired) electrons. The van der Waals surface area contributed by atoms with Gasteiger partial charge in [0, 0.05) is 6.54 Å². The van der Waals surface area contributed by atoms with E-state index >= 15 is 0 Å². The highest BCUT2D eigenvalue weighted by Gasteiger charge is 2.24. The second-order valence-corrected chi connectivity index (χ2v) is 4.23. The van der Waals surface area contributed by atoms with Crippen molar-refractivity contribution in [3.63, 3.8) is 0 Å². The van der Waals surface area contributed by atoms with Gasteiger partial charge in [-0.05, 0) is 17.5 Å². The van der Waals surface area contributed by atoms with Crippen molar-refractivity contribution < 1.29 is 9.32 Å². The van der Waals surface area contributed by atoms with Gasteiger partial charge in [0.25, 0.3) is 11.7 Å². The largest absolute Gasteiger partial charge is 0.363 e. The molecule has 0 aliphatic carbocycles. The quantitative estimate of drug-likeness (QED) is 0.804. The molecule has 2 heterocycles. The number of benzene rings is 1. The molecule has 1 unspecified atom stereocenters. The molecule has 1 aliphatic rings. The van der Waals surface area contributed by atoms with E-state index in [1.54, 1.807) is 0 Å². The number of rotatable bonds is 2. The summed E-state index contributed by atoms with van der Waals surface area (Å²) < 4.78 is 5.06. The number of nitrogens with zero attached hydrogens (tertiary/aromatic N) is 2. The lowest BCUT2D eigenvalue weighted by Gasteiger charge is -2.23. The van der Waals surface area contributed by atoms with Gasteiger partial charge in [-0.15, -0.1) is 0 Å². The minimum Gasteiger partial charge on any atom is -0.363 e. The van der Waals surface area contributed by atoms with Gasteiger partial charge >= 0.3 is 0 Å². The summed E-state index contributed by atoms with van der Waals surface area (Å²) >= 11 is 0. The van der Waals surface area contributed by atoms with E-state index in [1.807, 2.05) is 12.1 Å². The van der Waals surface area contributed by atoms with E-state index in [-0.39, 0.29) is 11.9 Å². The summed E-state index contributed by atoms with van der Waals surface area (Å²) in [6.07, 6.45) is 0.760. The van der Waals surface area contributed by atoms with Gasteiger partial charge in [0.05, 0.1) is 6.04 Å². The van der Waals surface area contributed by atoms with E-state index in [0.29, 0.717) is 5.89 Å². The second kappa shape index (κ2) is 4.23. The number of nitrogens with one attached hydrogen (secondary N) is 1. The molecule has 1 aromatic carbocycles. The van der Waals surface area contributed by atoms with Crippen LogP contribution in [0, 0.1) is 0 Å². The topological polar surface area (TPSA) is 94.0 Å². The predicted octanol–water partition coefficient (Wildman–Crippen LogP) is 0.555. The number of nitrogens with two attached hydrogens (primary N) is 1. The first kappa shape index (κ1) is 10.9. The Morgan fingerprint density at radius 3 is 2.89 bits per heavy atom. The van der Waals surface area contributed by atoms with E-state index in [0.717, 1.165) is 13.0 Å². The van der Waals surface area contributed by atoms with Crippen LogP contribution in [-0.2, 0) is 13.0 Å². The van der Waals surface area contributed by atoms with Crippen molar-refractivity contribution in [2.24, 2.45) is 5.73 Å². The van der Waals surface area contributed by atoms with Gasteiger partial charge in [0.2, 0.25) is 5.89 Å². The number of hydrogen-bond acceptors (Lipinski definition) is 5. The van der Waals surface area contributed by atoms with Crippen LogP contribution in [0.5, 0.6) is 0 Å². The van der Waals surface area contributed by atoms with Gasteiger partial charge in [-0.3, -0.25) is 4.79 Å². The van der Waals surface area contributed by atoms with E-state index in [4.69, 9.17) is 10.3 Å². The summed E-state index contributed by atoms with van der Waals surface area (Å²) in [5.41, 5.74) is 7.61. The van der Waals surface area contributed by atoms with Gasteiger partial charge in [-0.2, -0.15) is 4.98 Å². The Bertz CT molecular complexity index is 593. The average Bonchev–Trinajstić information content (AvgIpc) is 2.88. The minimum absolute atomic E-state index is 0.0690. The third kappa shape index (κ3) is 1.86. The number of aromatic nitrogens is 2. The van der Waals surface area contributed by atoms with Crippen molar-refractivity contribution >= 4 is 5.91 Å². The van der Waals surface area contributed by atoms with Gasteiger partial charge in [-0.25, -0.2) is 0 Å². The SMILES string of the molecule is NC(=O)c1noc(C2Cc3ccccc3CN2)n1. The number of fused-ring (bicyclic) bond motifs is 1. The van der Waals surface area contributed by atoms with Crippen molar-refractivity contribution in [1.29, 1.82) is 0 Å². The van der Waals surface area contributed by atoms with Crippen LogP contribution >= 0.6 is 0 Å². The zero-order chi connectivity index (χ0) is 12.5. The highest BCUT2D eigenvalue weighted by atomic mass is 16.5. The summed E-state index contributed by atoms with van der Waals surface area (Å²) in [6.45, 7) is 0.745. The molecule has 0 bridgehead atoms. The second-order valence-electron chi connectivity index (χ2n) is 4.23. The zero-order valence-electron chi connectivity index (χ0n) is 9.59. The number of carbonyl (C=O) groups is 1. The molecule has 3 N–H and O–H groups in total. The maximum absolute atomic E-state index is 10.9. The fraction of sp³-hybridized carbons (Fsp3) is 0.250. The monoisotopic (exact) mass is 244 g/mol. The summed E-state index contributed by atoms with van der Waals surface area (Å²) in [6, 6.07) is 8.11. The van der Waals surface area contributed by atoms with Gasteiger partial charge in [-0.1, -0.05) is 29.4 Å². The maximum atomic E-state index is 10.9. The molecule has 6 nitrogen and oxygen atoms in total. The van der Waals surface area contributed by atoms with Crippen molar-refractivity contribution in [2.75, 3.05) is 0 Å². The number of primary amides is 1. The molecular formula is C12H12N4O2. The molecule has 1 atom stereocenters. The van der Waals surface area contributed by atoms with Crippen LogP contribution in [0.4, 0.5) is 0 Å². The Morgan fingerprint density at radius 1 is 1.39 bits per heavy atom.